The average molecular weight is 353 g/mol. The Morgan fingerprint density at radius 2 is 2.04 bits per heavy atom. The Labute approximate surface area is 153 Å². The molecular weight excluding hydrogens is 330 g/mol. The predicted molar refractivity (Wildman–Crippen MR) is 97.0 cm³/mol. The first-order valence-corrected chi connectivity index (χ1v) is 8.95. The SMILES string of the molecule is COc1ccc(CCN2C(=O)O[C@@H]3CN(Cc4ccccn4)C[C@@H]32)cc1. The van der Waals surface area contributed by atoms with E-state index < -0.39 is 0 Å². The lowest BCUT2D eigenvalue weighted by atomic mass is 10.1. The van der Waals surface area contributed by atoms with Crippen molar-refractivity contribution in [2.24, 2.45) is 0 Å². The van der Waals surface area contributed by atoms with Crippen LogP contribution < -0.4 is 4.74 Å². The van der Waals surface area contributed by atoms with E-state index in [2.05, 4.69) is 9.88 Å². The summed E-state index contributed by atoms with van der Waals surface area (Å²) in [4.78, 5) is 20.8. The van der Waals surface area contributed by atoms with Crippen molar-refractivity contribution >= 4 is 6.09 Å². The first-order chi connectivity index (χ1) is 12.7. The van der Waals surface area contributed by atoms with Gasteiger partial charge in [0.25, 0.3) is 0 Å². The largest absolute Gasteiger partial charge is 0.497 e. The molecular formula is C20H23N3O3. The second-order valence-corrected chi connectivity index (χ2v) is 6.80. The van der Waals surface area contributed by atoms with Gasteiger partial charge in [-0.15, -0.1) is 0 Å². The van der Waals surface area contributed by atoms with Crippen LogP contribution >= 0.6 is 0 Å². The standard InChI is InChI=1S/C20H23N3O3/c1-25-17-7-5-15(6-8-17)9-11-23-18-13-22(14-19(18)26-20(23)24)12-16-4-2-3-10-21-16/h2-8,10,18-19H,9,11-14H2,1H3/t18-,19+/m0/s1. The molecule has 2 aliphatic heterocycles. The zero-order valence-corrected chi connectivity index (χ0v) is 14.9. The number of ether oxygens (including phenoxy) is 2. The quantitative estimate of drug-likeness (QED) is 0.798. The molecule has 6 nitrogen and oxygen atoms in total. The van der Waals surface area contributed by atoms with Crippen LogP contribution in [0.5, 0.6) is 5.75 Å². The minimum atomic E-state index is -0.189. The zero-order valence-electron chi connectivity index (χ0n) is 14.9. The topological polar surface area (TPSA) is 54.9 Å². The third-order valence-electron chi connectivity index (χ3n) is 5.11. The van der Waals surface area contributed by atoms with E-state index in [0.717, 1.165) is 37.5 Å². The molecule has 2 fully saturated rings. The van der Waals surface area contributed by atoms with Gasteiger partial charge in [0.2, 0.25) is 0 Å². The van der Waals surface area contributed by atoms with Crippen LogP contribution in [0.1, 0.15) is 11.3 Å². The lowest BCUT2D eigenvalue weighted by molar-refractivity contribution is 0.120. The summed E-state index contributed by atoms with van der Waals surface area (Å²) in [6.45, 7) is 3.06. The molecule has 2 aliphatic rings. The van der Waals surface area contributed by atoms with Gasteiger partial charge < -0.3 is 9.47 Å². The molecule has 0 radical (unpaired) electrons. The van der Waals surface area contributed by atoms with Gasteiger partial charge in [-0.25, -0.2) is 4.79 Å². The van der Waals surface area contributed by atoms with E-state index in [1.54, 1.807) is 7.11 Å². The molecule has 0 aliphatic carbocycles. The molecule has 0 N–H and O–H groups in total. The second kappa shape index (κ2) is 7.33. The number of benzene rings is 1. The van der Waals surface area contributed by atoms with E-state index in [0.29, 0.717) is 6.54 Å². The maximum atomic E-state index is 12.2. The van der Waals surface area contributed by atoms with E-state index >= 15 is 0 Å². The lowest BCUT2D eigenvalue weighted by Gasteiger charge is -2.22. The number of likely N-dealkylation sites (tertiary alicyclic amines) is 1. The van der Waals surface area contributed by atoms with Crippen LogP contribution in [0.15, 0.2) is 48.7 Å². The van der Waals surface area contributed by atoms with Crippen molar-refractivity contribution in [1.82, 2.24) is 14.8 Å². The molecule has 3 heterocycles. The summed E-state index contributed by atoms with van der Waals surface area (Å²) in [7, 11) is 1.66. The molecule has 0 unspecified atom stereocenters. The van der Waals surface area contributed by atoms with Gasteiger partial charge in [-0.05, 0) is 36.2 Å². The van der Waals surface area contributed by atoms with Crippen molar-refractivity contribution in [3.05, 3.63) is 59.9 Å². The summed E-state index contributed by atoms with van der Waals surface area (Å²) in [6.07, 6.45) is 2.39. The molecule has 1 aromatic carbocycles. The molecule has 0 bridgehead atoms. The molecule has 4 rings (SSSR count). The number of hydrogen-bond donors (Lipinski definition) is 0. The van der Waals surface area contributed by atoms with E-state index in [-0.39, 0.29) is 18.2 Å². The maximum absolute atomic E-state index is 12.2. The molecule has 0 saturated carbocycles. The number of carbonyl (C=O) groups excluding carboxylic acids is 1. The van der Waals surface area contributed by atoms with Crippen molar-refractivity contribution in [2.75, 3.05) is 26.7 Å². The third-order valence-corrected chi connectivity index (χ3v) is 5.11. The van der Waals surface area contributed by atoms with Crippen LogP contribution in [-0.4, -0.2) is 59.8 Å². The highest BCUT2D eigenvalue weighted by atomic mass is 16.6. The number of nitrogens with zero attached hydrogens (tertiary/aromatic N) is 3. The number of rotatable bonds is 6. The molecule has 1 aromatic heterocycles. The molecule has 0 spiro atoms. The molecule has 2 saturated heterocycles. The Morgan fingerprint density at radius 3 is 2.77 bits per heavy atom. The van der Waals surface area contributed by atoms with Crippen molar-refractivity contribution < 1.29 is 14.3 Å². The van der Waals surface area contributed by atoms with Gasteiger partial charge in [0.15, 0.2) is 0 Å². The van der Waals surface area contributed by atoms with Crippen LogP contribution in [0.3, 0.4) is 0 Å². The summed E-state index contributed by atoms with van der Waals surface area (Å²) in [5.74, 6) is 0.843. The Kier molecular flexibility index (Phi) is 4.75. The fourth-order valence-electron chi connectivity index (χ4n) is 3.73. The number of carbonyl (C=O) groups is 1. The third kappa shape index (κ3) is 3.51. The van der Waals surface area contributed by atoms with Gasteiger partial charge in [0.05, 0.1) is 18.8 Å². The summed E-state index contributed by atoms with van der Waals surface area (Å²) >= 11 is 0. The Morgan fingerprint density at radius 1 is 1.19 bits per heavy atom. The van der Waals surface area contributed by atoms with Crippen LogP contribution in [0.2, 0.25) is 0 Å². The highest BCUT2D eigenvalue weighted by Gasteiger charge is 2.47. The number of amides is 1. The number of methoxy groups -OCH3 is 1. The Bertz CT molecular complexity index is 751. The molecule has 2 atom stereocenters. The van der Waals surface area contributed by atoms with Crippen LogP contribution in [0.25, 0.3) is 0 Å². The second-order valence-electron chi connectivity index (χ2n) is 6.80. The highest BCUT2D eigenvalue weighted by molar-refractivity contribution is 5.71. The molecule has 1 amide bonds. The lowest BCUT2D eigenvalue weighted by Crippen LogP contribution is -2.39. The zero-order chi connectivity index (χ0) is 17.9. The minimum Gasteiger partial charge on any atom is -0.497 e. The Balaban J connectivity index is 1.35. The van der Waals surface area contributed by atoms with E-state index in [1.807, 2.05) is 53.6 Å². The monoisotopic (exact) mass is 353 g/mol. The van der Waals surface area contributed by atoms with Gasteiger partial charge in [-0.1, -0.05) is 18.2 Å². The summed E-state index contributed by atoms with van der Waals surface area (Å²) in [6, 6.07) is 14.1. The number of aromatic nitrogens is 1. The minimum absolute atomic E-state index is 0.0397. The fourth-order valence-corrected chi connectivity index (χ4v) is 3.73. The molecule has 136 valence electrons. The summed E-state index contributed by atoms with van der Waals surface area (Å²) < 4.78 is 10.8. The van der Waals surface area contributed by atoms with E-state index in [1.165, 1.54) is 5.56 Å². The Hall–Kier alpha value is -2.60. The van der Waals surface area contributed by atoms with Gasteiger partial charge in [0.1, 0.15) is 11.9 Å². The van der Waals surface area contributed by atoms with Gasteiger partial charge in [-0.2, -0.15) is 0 Å². The smallest absolute Gasteiger partial charge is 0.410 e. The van der Waals surface area contributed by atoms with Gasteiger partial charge in [0, 0.05) is 32.4 Å². The highest BCUT2D eigenvalue weighted by Crippen LogP contribution is 2.28. The van der Waals surface area contributed by atoms with Gasteiger partial charge in [-0.3, -0.25) is 14.8 Å². The molecule has 26 heavy (non-hydrogen) atoms. The summed E-state index contributed by atoms with van der Waals surface area (Å²) in [5, 5.41) is 0. The van der Waals surface area contributed by atoms with Crippen LogP contribution in [0.4, 0.5) is 4.79 Å². The maximum Gasteiger partial charge on any atom is 0.410 e. The fraction of sp³-hybridized carbons (Fsp3) is 0.400. The van der Waals surface area contributed by atoms with Crippen molar-refractivity contribution in [3.8, 4) is 5.75 Å². The number of fused-ring (bicyclic) bond motifs is 1. The molecule has 2 aromatic rings. The van der Waals surface area contributed by atoms with Gasteiger partial charge >= 0.3 is 6.09 Å². The number of pyridine rings is 1. The first-order valence-electron chi connectivity index (χ1n) is 8.95. The molecule has 6 heteroatoms. The first kappa shape index (κ1) is 16.8. The van der Waals surface area contributed by atoms with Crippen LogP contribution in [-0.2, 0) is 17.7 Å². The van der Waals surface area contributed by atoms with E-state index in [9.17, 15) is 4.79 Å². The average Bonchev–Trinajstić information content (AvgIpc) is 3.17. The van der Waals surface area contributed by atoms with Crippen LogP contribution in [0, 0.1) is 0 Å². The predicted octanol–water partition coefficient (Wildman–Crippen LogP) is 2.34. The van der Waals surface area contributed by atoms with E-state index in [4.69, 9.17) is 9.47 Å². The number of hydrogen-bond acceptors (Lipinski definition) is 5. The van der Waals surface area contributed by atoms with Crippen molar-refractivity contribution in [1.29, 1.82) is 0 Å². The summed E-state index contributed by atoms with van der Waals surface area (Å²) in [5.41, 5.74) is 2.23. The normalized spacial score (nSPS) is 22.3. The van der Waals surface area contributed by atoms with Crippen molar-refractivity contribution in [2.45, 2.75) is 25.1 Å². The van der Waals surface area contributed by atoms with Crippen molar-refractivity contribution in [3.63, 3.8) is 0 Å².